The summed E-state index contributed by atoms with van der Waals surface area (Å²) in [4.78, 5) is 17.4. The highest BCUT2D eigenvalue weighted by atomic mass is 35.5. The molecule has 0 saturated carbocycles. The Morgan fingerprint density at radius 2 is 1.63 bits per heavy atom. The van der Waals surface area contributed by atoms with Crippen LogP contribution < -0.4 is 10.1 Å². The number of hydrogen-bond acceptors (Lipinski definition) is 4. The number of aliphatic imine (C=N–C) groups is 1. The van der Waals surface area contributed by atoms with Crippen LogP contribution in [0.5, 0.6) is 5.75 Å². The van der Waals surface area contributed by atoms with Gasteiger partial charge in [0.25, 0.3) is 5.91 Å². The van der Waals surface area contributed by atoms with Gasteiger partial charge in [-0.2, -0.15) is 0 Å². The molecule has 1 aliphatic rings. The molecule has 30 heavy (non-hydrogen) atoms. The van der Waals surface area contributed by atoms with E-state index >= 15 is 0 Å². The van der Waals surface area contributed by atoms with Crippen LogP contribution in [0.1, 0.15) is 11.1 Å². The largest absolute Gasteiger partial charge is 0.488 e. The molecule has 3 aromatic rings. The van der Waals surface area contributed by atoms with Crippen LogP contribution in [0.25, 0.3) is 6.08 Å². The van der Waals surface area contributed by atoms with Gasteiger partial charge in [-0.1, -0.05) is 71.7 Å². The van der Waals surface area contributed by atoms with Crippen molar-refractivity contribution in [3.63, 3.8) is 0 Å². The van der Waals surface area contributed by atoms with Crippen LogP contribution in [-0.2, 0) is 11.4 Å². The SMILES string of the molecule is O=C1NC(=Nc2ccccc2Cl)SC1=Cc1ccccc1OCc1ccccc1Cl. The van der Waals surface area contributed by atoms with Gasteiger partial charge in [-0.3, -0.25) is 4.79 Å². The first-order chi connectivity index (χ1) is 14.6. The van der Waals surface area contributed by atoms with Gasteiger partial charge < -0.3 is 10.1 Å². The second-order valence-corrected chi connectivity index (χ2v) is 8.20. The third-order valence-corrected chi connectivity index (χ3v) is 5.87. The molecule has 0 aliphatic carbocycles. The molecule has 1 amide bonds. The minimum Gasteiger partial charge on any atom is -0.488 e. The van der Waals surface area contributed by atoms with E-state index in [0.29, 0.717) is 38.2 Å². The predicted molar refractivity (Wildman–Crippen MR) is 124 cm³/mol. The molecule has 150 valence electrons. The molecule has 0 bridgehead atoms. The summed E-state index contributed by atoms with van der Waals surface area (Å²) < 4.78 is 5.97. The highest BCUT2D eigenvalue weighted by molar-refractivity contribution is 8.18. The zero-order valence-corrected chi connectivity index (χ0v) is 18.0. The average Bonchev–Trinajstić information content (AvgIpc) is 3.09. The van der Waals surface area contributed by atoms with Crippen LogP contribution in [0.15, 0.2) is 82.7 Å². The Labute approximate surface area is 188 Å². The molecule has 0 spiro atoms. The molecule has 1 fully saturated rings. The standard InChI is InChI=1S/C23H16Cl2N2O2S/c24-17-9-3-1-8-16(17)14-29-20-12-6-2-7-15(20)13-21-22(28)27-23(30-21)26-19-11-5-4-10-18(19)25/h1-13H,14H2,(H,26,27,28). The van der Waals surface area contributed by atoms with Gasteiger partial charge in [-0.25, -0.2) is 4.99 Å². The Morgan fingerprint density at radius 3 is 2.43 bits per heavy atom. The van der Waals surface area contributed by atoms with E-state index < -0.39 is 0 Å². The number of amides is 1. The Kier molecular flexibility index (Phi) is 6.43. The van der Waals surface area contributed by atoms with Crippen molar-refractivity contribution in [3.8, 4) is 5.75 Å². The van der Waals surface area contributed by atoms with Crippen LogP contribution in [-0.4, -0.2) is 11.1 Å². The zero-order valence-electron chi connectivity index (χ0n) is 15.6. The van der Waals surface area contributed by atoms with Gasteiger partial charge in [0.2, 0.25) is 0 Å². The Bertz CT molecular complexity index is 1160. The molecule has 1 saturated heterocycles. The highest BCUT2D eigenvalue weighted by Crippen LogP contribution is 2.32. The van der Waals surface area contributed by atoms with Crippen molar-refractivity contribution < 1.29 is 9.53 Å². The summed E-state index contributed by atoms with van der Waals surface area (Å²) in [5.41, 5.74) is 2.29. The molecule has 0 aromatic heterocycles. The van der Waals surface area contributed by atoms with E-state index in [1.54, 1.807) is 18.2 Å². The summed E-state index contributed by atoms with van der Waals surface area (Å²) in [6.45, 7) is 0.332. The quantitative estimate of drug-likeness (QED) is 0.449. The second kappa shape index (κ2) is 9.39. The predicted octanol–water partition coefficient (Wildman–Crippen LogP) is 6.46. The zero-order chi connectivity index (χ0) is 20.9. The van der Waals surface area contributed by atoms with Gasteiger partial charge >= 0.3 is 0 Å². The summed E-state index contributed by atoms with van der Waals surface area (Å²) in [6.07, 6.45) is 1.79. The molecule has 1 heterocycles. The molecular weight excluding hydrogens is 439 g/mol. The van der Waals surface area contributed by atoms with Gasteiger partial charge in [0, 0.05) is 16.1 Å². The lowest BCUT2D eigenvalue weighted by Crippen LogP contribution is -2.19. The third-order valence-electron chi connectivity index (χ3n) is 4.27. The van der Waals surface area contributed by atoms with Crippen LogP contribution in [0.3, 0.4) is 0 Å². The first-order valence-corrected chi connectivity index (χ1v) is 10.7. The van der Waals surface area contributed by atoms with Crippen molar-refractivity contribution >= 4 is 57.8 Å². The Morgan fingerprint density at radius 1 is 0.933 bits per heavy atom. The van der Waals surface area contributed by atoms with E-state index in [9.17, 15) is 4.79 Å². The molecule has 0 atom stereocenters. The van der Waals surface area contributed by atoms with E-state index in [1.807, 2.05) is 60.7 Å². The molecule has 4 nitrogen and oxygen atoms in total. The summed E-state index contributed by atoms with van der Waals surface area (Å²) >= 11 is 13.6. The van der Waals surface area contributed by atoms with Crippen molar-refractivity contribution in [2.45, 2.75) is 6.61 Å². The molecule has 7 heteroatoms. The smallest absolute Gasteiger partial charge is 0.264 e. The number of ether oxygens (including phenoxy) is 1. The Balaban J connectivity index is 1.54. The molecule has 3 aromatic carbocycles. The maximum absolute atomic E-state index is 12.4. The first-order valence-electron chi connectivity index (χ1n) is 9.09. The van der Waals surface area contributed by atoms with E-state index in [4.69, 9.17) is 27.9 Å². The number of nitrogens with zero attached hydrogens (tertiary/aromatic N) is 1. The fraction of sp³-hybridized carbons (Fsp3) is 0.0435. The number of amidine groups is 1. The summed E-state index contributed by atoms with van der Waals surface area (Å²) in [6, 6.07) is 22.3. The van der Waals surface area contributed by atoms with Crippen molar-refractivity contribution in [3.05, 3.63) is 98.9 Å². The van der Waals surface area contributed by atoms with Crippen LogP contribution in [0.2, 0.25) is 10.0 Å². The van der Waals surface area contributed by atoms with E-state index in [1.165, 1.54) is 11.8 Å². The molecule has 4 rings (SSSR count). The van der Waals surface area contributed by atoms with Crippen molar-refractivity contribution in [2.24, 2.45) is 4.99 Å². The fourth-order valence-corrected chi connectivity index (χ4v) is 3.97. The minimum absolute atomic E-state index is 0.216. The average molecular weight is 455 g/mol. The number of halogens is 2. The van der Waals surface area contributed by atoms with E-state index in [0.717, 1.165) is 11.1 Å². The maximum atomic E-state index is 12.4. The number of carbonyl (C=O) groups excluding carboxylic acids is 1. The van der Waals surface area contributed by atoms with Crippen molar-refractivity contribution in [1.82, 2.24) is 5.32 Å². The van der Waals surface area contributed by atoms with Crippen LogP contribution >= 0.6 is 35.0 Å². The first kappa shape index (κ1) is 20.5. The van der Waals surface area contributed by atoms with Crippen LogP contribution in [0, 0.1) is 0 Å². The number of carbonyl (C=O) groups is 1. The summed E-state index contributed by atoms with van der Waals surface area (Å²) in [5.74, 6) is 0.446. The topological polar surface area (TPSA) is 50.7 Å². The van der Waals surface area contributed by atoms with Gasteiger partial charge in [0.1, 0.15) is 12.4 Å². The van der Waals surface area contributed by atoms with Crippen molar-refractivity contribution in [1.29, 1.82) is 0 Å². The van der Waals surface area contributed by atoms with Crippen molar-refractivity contribution in [2.75, 3.05) is 0 Å². The summed E-state index contributed by atoms with van der Waals surface area (Å²) in [7, 11) is 0. The lowest BCUT2D eigenvalue weighted by atomic mass is 10.2. The molecule has 1 N–H and O–H groups in total. The number of benzene rings is 3. The summed E-state index contributed by atoms with van der Waals surface area (Å²) in [5, 5.41) is 4.43. The molecular formula is C23H16Cl2N2O2S. The number of nitrogens with one attached hydrogen (secondary N) is 1. The van der Waals surface area contributed by atoms with Gasteiger partial charge in [-0.05, 0) is 42.1 Å². The molecule has 1 aliphatic heterocycles. The lowest BCUT2D eigenvalue weighted by Gasteiger charge is -2.10. The maximum Gasteiger partial charge on any atom is 0.264 e. The van der Waals surface area contributed by atoms with Gasteiger partial charge in [0.05, 0.1) is 15.6 Å². The molecule has 0 radical (unpaired) electrons. The highest BCUT2D eigenvalue weighted by Gasteiger charge is 2.24. The number of thioether (sulfide) groups is 1. The minimum atomic E-state index is -0.216. The monoisotopic (exact) mass is 454 g/mol. The van der Waals surface area contributed by atoms with E-state index in [-0.39, 0.29) is 5.91 Å². The second-order valence-electron chi connectivity index (χ2n) is 6.35. The van der Waals surface area contributed by atoms with E-state index in [2.05, 4.69) is 10.3 Å². The lowest BCUT2D eigenvalue weighted by molar-refractivity contribution is -0.115. The van der Waals surface area contributed by atoms with Gasteiger partial charge in [0.15, 0.2) is 5.17 Å². The third kappa shape index (κ3) is 4.87. The molecule has 0 unspecified atom stereocenters. The number of para-hydroxylation sites is 2. The fourth-order valence-electron chi connectivity index (χ4n) is 2.78. The van der Waals surface area contributed by atoms with Gasteiger partial charge in [-0.15, -0.1) is 0 Å². The van der Waals surface area contributed by atoms with Crippen LogP contribution in [0.4, 0.5) is 5.69 Å². The number of hydrogen-bond donors (Lipinski definition) is 1. The normalized spacial score (nSPS) is 16.1. The number of rotatable bonds is 5. The Hall–Kier alpha value is -2.73.